The molecule has 4 rings (SSSR count). The standard InChI is InChI=1S/C19H16N2O3/c1-21-17(15-10-11-6-2-5-9-14(11)20-15)16(19(23)24)12-7-3-4-8-13(12)18(21)22/h2-10,16-17,20H,1H3,(H,23,24)/t16-,17+/m0/s1. The van der Waals surface area contributed by atoms with Crippen molar-refractivity contribution in [1.29, 1.82) is 0 Å². The van der Waals surface area contributed by atoms with Crippen molar-refractivity contribution < 1.29 is 14.7 Å². The van der Waals surface area contributed by atoms with Gasteiger partial charge in [0.15, 0.2) is 0 Å². The summed E-state index contributed by atoms with van der Waals surface area (Å²) >= 11 is 0. The van der Waals surface area contributed by atoms with Gasteiger partial charge < -0.3 is 15.0 Å². The van der Waals surface area contributed by atoms with E-state index in [-0.39, 0.29) is 5.91 Å². The molecular formula is C19H16N2O3. The van der Waals surface area contributed by atoms with Gasteiger partial charge in [0.2, 0.25) is 0 Å². The summed E-state index contributed by atoms with van der Waals surface area (Å²) in [5.41, 5.74) is 2.68. The number of carboxylic acids is 1. The summed E-state index contributed by atoms with van der Waals surface area (Å²) < 4.78 is 0. The summed E-state index contributed by atoms with van der Waals surface area (Å²) in [7, 11) is 1.66. The first-order chi connectivity index (χ1) is 11.6. The molecule has 1 aliphatic heterocycles. The molecule has 0 saturated carbocycles. The summed E-state index contributed by atoms with van der Waals surface area (Å²) in [5.74, 6) is -1.91. The Bertz CT molecular complexity index is 927. The molecule has 2 heterocycles. The Balaban J connectivity index is 1.92. The van der Waals surface area contributed by atoms with E-state index in [1.54, 1.807) is 31.3 Å². The van der Waals surface area contributed by atoms with Crippen LogP contribution in [-0.2, 0) is 4.79 Å². The molecule has 0 saturated heterocycles. The predicted octanol–water partition coefficient (Wildman–Crippen LogP) is 3.16. The Morgan fingerprint density at radius 3 is 2.58 bits per heavy atom. The summed E-state index contributed by atoms with van der Waals surface area (Å²) in [5, 5.41) is 10.8. The van der Waals surface area contributed by atoms with Crippen LogP contribution in [-0.4, -0.2) is 33.9 Å². The Kier molecular flexibility index (Phi) is 3.16. The van der Waals surface area contributed by atoms with E-state index in [1.807, 2.05) is 30.3 Å². The highest BCUT2D eigenvalue weighted by Crippen LogP contribution is 2.42. The number of likely N-dealkylation sites (N-methyl/N-ethyl adjacent to an activating group) is 1. The van der Waals surface area contributed by atoms with Crippen LogP contribution in [0.3, 0.4) is 0 Å². The molecule has 120 valence electrons. The fourth-order valence-electron chi connectivity index (χ4n) is 3.58. The van der Waals surface area contributed by atoms with Crippen molar-refractivity contribution in [2.45, 2.75) is 12.0 Å². The van der Waals surface area contributed by atoms with Crippen molar-refractivity contribution in [1.82, 2.24) is 9.88 Å². The number of aromatic nitrogens is 1. The molecule has 2 N–H and O–H groups in total. The van der Waals surface area contributed by atoms with E-state index < -0.39 is 17.9 Å². The number of aromatic amines is 1. The molecule has 2 atom stereocenters. The fourth-order valence-corrected chi connectivity index (χ4v) is 3.58. The number of para-hydroxylation sites is 1. The van der Waals surface area contributed by atoms with Crippen LogP contribution in [0.25, 0.3) is 10.9 Å². The van der Waals surface area contributed by atoms with Gasteiger partial charge in [0.1, 0.15) is 5.92 Å². The third-order valence-corrected chi connectivity index (χ3v) is 4.72. The SMILES string of the molecule is CN1C(=O)c2ccccc2[C@H](C(=O)O)[C@H]1c1cc2ccccc2[nH]1. The van der Waals surface area contributed by atoms with Crippen LogP contribution >= 0.6 is 0 Å². The molecule has 0 fully saturated rings. The summed E-state index contributed by atoms with van der Waals surface area (Å²) in [4.78, 5) is 29.5. The average Bonchev–Trinajstić information content (AvgIpc) is 3.01. The van der Waals surface area contributed by atoms with Gasteiger partial charge in [0.05, 0.1) is 6.04 Å². The van der Waals surface area contributed by atoms with E-state index in [2.05, 4.69) is 4.98 Å². The van der Waals surface area contributed by atoms with E-state index in [4.69, 9.17) is 0 Å². The van der Waals surface area contributed by atoms with E-state index in [9.17, 15) is 14.7 Å². The van der Waals surface area contributed by atoms with Gasteiger partial charge in [-0.05, 0) is 29.1 Å². The van der Waals surface area contributed by atoms with E-state index >= 15 is 0 Å². The molecule has 1 amide bonds. The van der Waals surface area contributed by atoms with Crippen molar-refractivity contribution in [2.24, 2.45) is 0 Å². The minimum atomic E-state index is -0.939. The van der Waals surface area contributed by atoms with Crippen LogP contribution < -0.4 is 0 Å². The number of carboxylic acid groups (broad SMARTS) is 1. The van der Waals surface area contributed by atoms with Crippen LogP contribution in [0, 0.1) is 0 Å². The third-order valence-electron chi connectivity index (χ3n) is 4.72. The number of hydrogen-bond acceptors (Lipinski definition) is 2. The van der Waals surface area contributed by atoms with Gasteiger partial charge in [-0.25, -0.2) is 0 Å². The van der Waals surface area contributed by atoms with Crippen molar-refractivity contribution in [3.63, 3.8) is 0 Å². The Morgan fingerprint density at radius 2 is 1.83 bits per heavy atom. The number of amides is 1. The third kappa shape index (κ3) is 2.01. The molecule has 0 aliphatic carbocycles. The van der Waals surface area contributed by atoms with Crippen LogP contribution in [0.4, 0.5) is 0 Å². The van der Waals surface area contributed by atoms with Gasteiger partial charge >= 0.3 is 5.97 Å². The molecule has 24 heavy (non-hydrogen) atoms. The summed E-state index contributed by atoms with van der Waals surface area (Å²) in [6.07, 6.45) is 0. The molecule has 1 aromatic heterocycles. The lowest BCUT2D eigenvalue weighted by Crippen LogP contribution is -2.42. The number of rotatable bonds is 2. The number of carbonyl (C=O) groups excluding carboxylic acids is 1. The molecule has 1 aliphatic rings. The van der Waals surface area contributed by atoms with Gasteiger partial charge in [-0.3, -0.25) is 9.59 Å². The predicted molar refractivity (Wildman–Crippen MR) is 90.0 cm³/mol. The number of hydrogen-bond donors (Lipinski definition) is 2. The number of aliphatic carboxylic acids is 1. The number of benzene rings is 2. The van der Waals surface area contributed by atoms with Crippen molar-refractivity contribution >= 4 is 22.8 Å². The van der Waals surface area contributed by atoms with Gasteiger partial charge in [-0.1, -0.05) is 36.4 Å². The Labute approximate surface area is 138 Å². The molecule has 0 spiro atoms. The largest absolute Gasteiger partial charge is 0.481 e. The minimum absolute atomic E-state index is 0.160. The van der Waals surface area contributed by atoms with Crippen LogP contribution in [0.15, 0.2) is 54.6 Å². The number of fused-ring (bicyclic) bond motifs is 2. The highest BCUT2D eigenvalue weighted by atomic mass is 16.4. The first-order valence-corrected chi connectivity index (χ1v) is 7.74. The maximum absolute atomic E-state index is 12.7. The lowest BCUT2D eigenvalue weighted by Gasteiger charge is -2.37. The molecular weight excluding hydrogens is 304 g/mol. The van der Waals surface area contributed by atoms with Crippen molar-refractivity contribution in [3.05, 3.63) is 71.4 Å². The lowest BCUT2D eigenvalue weighted by molar-refractivity contribution is -0.140. The van der Waals surface area contributed by atoms with E-state index in [0.29, 0.717) is 11.1 Å². The van der Waals surface area contributed by atoms with Gasteiger partial charge in [-0.2, -0.15) is 0 Å². The van der Waals surface area contributed by atoms with Gasteiger partial charge in [0, 0.05) is 23.8 Å². The monoisotopic (exact) mass is 320 g/mol. The quantitative estimate of drug-likeness (QED) is 0.762. The molecule has 0 radical (unpaired) electrons. The fraction of sp³-hybridized carbons (Fsp3) is 0.158. The Morgan fingerprint density at radius 1 is 1.12 bits per heavy atom. The van der Waals surface area contributed by atoms with Crippen LogP contribution in [0.1, 0.15) is 33.6 Å². The normalized spacial score (nSPS) is 20.2. The molecule has 5 nitrogen and oxygen atoms in total. The zero-order valence-electron chi connectivity index (χ0n) is 13.1. The topological polar surface area (TPSA) is 73.4 Å². The van der Waals surface area contributed by atoms with E-state index in [1.165, 1.54) is 4.90 Å². The highest BCUT2D eigenvalue weighted by Gasteiger charge is 2.43. The number of H-pyrrole nitrogens is 1. The van der Waals surface area contributed by atoms with Crippen LogP contribution in [0.2, 0.25) is 0 Å². The maximum atomic E-state index is 12.7. The number of carbonyl (C=O) groups is 2. The molecule has 3 aromatic rings. The summed E-state index contributed by atoms with van der Waals surface area (Å²) in [6, 6.07) is 16.0. The second kappa shape index (κ2) is 5.23. The molecule has 0 bridgehead atoms. The van der Waals surface area contributed by atoms with Crippen LogP contribution in [0.5, 0.6) is 0 Å². The number of nitrogens with zero attached hydrogens (tertiary/aromatic N) is 1. The first-order valence-electron chi connectivity index (χ1n) is 7.74. The van der Waals surface area contributed by atoms with Crippen molar-refractivity contribution in [2.75, 3.05) is 7.05 Å². The second-order valence-corrected chi connectivity index (χ2v) is 6.08. The molecule has 0 unspecified atom stereocenters. The Hall–Kier alpha value is -3.08. The molecule has 2 aromatic carbocycles. The second-order valence-electron chi connectivity index (χ2n) is 6.08. The lowest BCUT2D eigenvalue weighted by atomic mass is 9.82. The van der Waals surface area contributed by atoms with Gasteiger partial charge in [-0.15, -0.1) is 0 Å². The first kappa shape index (κ1) is 14.5. The number of nitrogens with one attached hydrogen (secondary N) is 1. The maximum Gasteiger partial charge on any atom is 0.313 e. The molecule has 5 heteroatoms. The highest BCUT2D eigenvalue weighted by molar-refractivity contribution is 6.00. The zero-order chi connectivity index (χ0) is 16.8. The minimum Gasteiger partial charge on any atom is -0.481 e. The smallest absolute Gasteiger partial charge is 0.313 e. The average molecular weight is 320 g/mol. The van der Waals surface area contributed by atoms with Gasteiger partial charge in [0.25, 0.3) is 5.91 Å². The van der Waals surface area contributed by atoms with Crippen molar-refractivity contribution in [3.8, 4) is 0 Å². The zero-order valence-corrected chi connectivity index (χ0v) is 13.1. The summed E-state index contributed by atoms with van der Waals surface area (Å²) in [6.45, 7) is 0. The van der Waals surface area contributed by atoms with E-state index in [0.717, 1.165) is 16.6 Å².